The first kappa shape index (κ1) is 23.7. The van der Waals surface area contributed by atoms with Crippen molar-refractivity contribution in [1.29, 1.82) is 0 Å². The van der Waals surface area contributed by atoms with Crippen molar-refractivity contribution in [2.24, 2.45) is 0 Å². The highest BCUT2D eigenvalue weighted by Crippen LogP contribution is 2.24. The summed E-state index contributed by atoms with van der Waals surface area (Å²) < 4.78 is 7.52. The molecule has 0 bridgehead atoms. The minimum absolute atomic E-state index is 0.196. The van der Waals surface area contributed by atoms with Crippen LogP contribution in [0, 0.1) is 6.92 Å². The Morgan fingerprint density at radius 1 is 1.11 bits per heavy atom. The van der Waals surface area contributed by atoms with Gasteiger partial charge < -0.3 is 10.1 Å². The van der Waals surface area contributed by atoms with Gasteiger partial charge in [-0.05, 0) is 48.9 Å². The molecule has 0 saturated heterocycles. The van der Waals surface area contributed by atoms with Crippen molar-refractivity contribution in [3.8, 4) is 5.75 Å². The monoisotopic (exact) mass is 516 g/mol. The second kappa shape index (κ2) is 10.3. The topological polar surface area (TPSA) is 85.6 Å². The van der Waals surface area contributed by atoms with E-state index in [1.54, 1.807) is 24.3 Å². The number of nitrogens with zero attached hydrogens (tertiary/aromatic N) is 3. The summed E-state index contributed by atoms with van der Waals surface area (Å²) in [6.45, 7) is 1.78. The maximum absolute atomic E-state index is 13.0. The van der Waals surface area contributed by atoms with Crippen molar-refractivity contribution >= 4 is 45.6 Å². The predicted octanol–water partition coefficient (Wildman–Crippen LogP) is 4.27. The average Bonchev–Trinajstić information content (AvgIpc) is 3.38. The van der Waals surface area contributed by atoms with Gasteiger partial charge in [0.25, 0.3) is 11.5 Å². The molecule has 7 nitrogen and oxygen atoms in total. The zero-order chi connectivity index (χ0) is 25.1. The van der Waals surface area contributed by atoms with E-state index < -0.39 is 0 Å². The van der Waals surface area contributed by atoms with E-state index in [9.17, 15) is 9.59 Å². The van der Waals surface area contributed by atoms with Crippen LogP contribution in [0.4, 0.5) is 5.69 Å². The van der Waals surface area contributed by atoms with Crippen molar-refractivity contribution in [2.75, 3.05) is 11.9 Å². The summed E-state index contributed by atoms with van der Waals surface area (Å²) >= 11 is 7.44. The van der Waals surface area contributed by atoms with Crippen LogP contribution in [0.3, 0.4) is 0 Å². The molecule has 0 spiro atoms. The largest absolute Gasteiger partial charge is 0.483 e. The summed E-state index contributed by atoms with van der Waals surface area (Å²) in [6, 6.07) is 22.4. The Balaban J connectivity index is 1.36. The van der Waals surface area contributed by atoms with Gasteiger partial charge in [0, 0.05) is 22.7 Å². The SMILES string of the molecule is Cc1ccc(NC(=O)COc2ccc(Cl)cc2/C=c2\sc3nc(Cc4ccccc4)nn3c2=O)cc1. The molecule has 180 valence electrons. The van der Waals surface area contributed by atoms with Gasteiger partial charge in [-0.1, -0.05) is 71.0 Å². The van der Waals surface area contributed by atoms with E-state index in [1.165, 1.54) is 15.9 Å². The molecule has 0 aliphatic carbocycles. The van der Waals surface area contributed by atoms with Gasteiger partial charge in [-0.3, -0.25) is 9.59 Å². The molecule has 36 heavy (non-hydrogen) atoms. The lowest BCUT2D eigenvalue weighted by Gasteiger charge is -2.10. The number of anilines is 1. The third-order valence-electron chi connectivity index (χ3n) is 5.38. The molecule has 3 aromatic carbocycles. The van der Waals surface area contributed by atoms with E-state index >= 15 is 0 Å². The molecule has 2 heterocycles. The number of nitrogens with one attached hydrogen (secondary N) is 1. The fourth-order valence-electron chi connectivity index (χ4n) is 3.61. The molecule has 0 fully saturated rings. The van der Waals surface area contributed by atoms with Gasteiger partial charge in [-0.2, -0.15) is 4.52 Å². The fourth-order valence-corrected chi connectivity index (χ4v) is 4.71. The van der Waals surface area contributed by atoms with Gasteiger partial charge in [-0.25, -0.2) is 4.98 Å². The number of benzene rings is 3. The lowest BCUT2D eigenvalue weighted by molar-refractivity contribution is -0.118. The number of hydrogen-bond acceptors (Lipinski definition) is 6. The first-order chi connectivity index (χ1) is 17.4. The minimum atomic E-state index is -0.297. The molecule has 1 amide bonds. The number of ether oxygens (including phenoxy) is 1. The number of carbonyl (C=O) groups excluding carboxylic acids is 1. The number of carbonyl (C=O) groups is 1. The Morgan fingerprint density at radius 2 is 1.89 bits per heavy atom. The number of thiazole rings is 1. The smallest absolute Gasteiger partial charge is 0.291 e. The van der Waals surface area contributed by atoms with Crippen molar-refractivity contribution in [1.82, 2.24) is 14.6 Å². The minimum Gasteiger partial charge on any atom is -0.483 e. The molecule has 0 aliphatic heterocycles. The van der Waals surface area contributed by atoms with Crippen LogP contribution in [0.2, 0.25) is 5.02 Å². The van der Waals surface area contributed by atoms with Crippen molar-refractivity contribution < 1.29 is 9.53 Å². The van der Waals surface area contributed by atoms with Crippen LogP contribution in [0.1, 0.15) is 22.5 Å². The zero-order valence-electron chi connectivity index (χ0n) is 19.3. The normalized spacial score (nSPS) is 11.7. The number of halogens is 1. The summed E-state index contributed by atoms with van der Waals surface area (Å²) in [4.78, 5) is 30.4. The summed E-state index contributed by atoms with van der Waals surface area (Å²) in [5.41, 5.74) is 3.17. The van der Waals surface area contributed by atoms with E-state index in [0.717, 1.165) is 11.1 Å². The Morgan fingerprint density at radius 3 is 2.64 bits per heavy atom. The van der Waals surface area contributed by atoms with Gasteiger partial charge in [0.05, 0.1) is 4.53 Å². The molecule has 0 radical (unpaired) electrons. The van der Waals surface area contributed by atoms with Crippen LogP contribution < -0.4 is 20.1 Å². The van der Waals surface area contributed by atoms with E-state index in [-0.39, 0.29) is 18.1 Å². The quantitative estimate of drug-likeness (QED) is 0.349. The number of fused-ring (bicyclic) bond motifs is 1. The Kier molecular flexibility index (Phi) is 6.79. The Hall–Kier alpha value is -4.01. The van der Waals surface area contributed by atoms with Crippen LogP contribution in [-0.2, 0) is 11.2 Å². The fraction of sp³-hybridized carbons (Fsp3) is 0.111. The van der Waals surface area contributed by atoms with Gasteiger partial charge in [0.1, 0.15) is 5.75 Å². The first-order valence-corrected chi connectivity index (χ1v) is 12.4. The number of rotatable bonds is 7. The van der Waals surface area contributed by atoms with Crippen LogP contribution in [0.5, 0.6) is 5.75 Å². The first-order valence-electron chi connectivity index (χ1n) is 11.2. The maximum Gasteiger partial charge on any atom is 0.291 e. The van der Waals surface area contributed by atoms with Gasteiger partial charge >= 0.3 is 0 Å². The molecule has 0 aliphatic rings. The number of amides is 1. The Labute approximate surface area is 215 Å². The molecule has 0 saturated carbocycles. The van der Waals surface area contributed by atoms with Gasteiger partial charge in [-0.15, -0.1) is 5.10 Å². The van der Waals surface area contributed by atoms with Crippen molar-refractivity contribution in [2.45, 2.75) is 13.3 Å². The highest BCUT2D eigenvalue weighted by Gasteiger charge is 2.13. The summed E-state index contributed by atoms with van der Waals surface area (Å²) in [5.74, 6) is 0.720. The standard InChI is InChI=1S/C27H21ClN4O3S/c1-17-7-10-21(11-8-17)29-25(33)16-35-22-12-9-20(28)14-19(22)15-23-26(34)32-27(36-23)30-24(31-32)13-18-5-3-2-4-6-18/h2-12,14-15H,13,16H2,1H3,(H,29,33)/b23-15-. The van der Waals surface area contributed by atoms with E-state index in [2.05, 4.69) is 15.4 Å². The van der Waals surface area contributed by atoms with Crippen LogP contribution in [0.15, 0.2) is 77.6 Å². The lowest BCUT2D eigenvalue weighted by Crippen LogP contribution is -2.24. The lowest BCUT2D eigenvalue weighted by atomic mass is 10.1. The molecule has 5 rings (SSSR count). The summed E-state index contributed by atoms with van der Waals surface area (Å²) in [5, 5.41) is 7.67. The molecular weight excluding hydrogens is 496 g/mol. The van der Waals surface area contributed by atoms with E-state index in [1.807, 2.05) is 61.5 Å². The van der Waals surface area contributed by atoms with Crippen molar-refractivity contribution in [3.05, 3.63) is 115 Å². The second-order valence-corrected chi connectivity index (χ2v) is 9.63. The molecule has 9 heteroatoms. The van der Waals surface area contributed by atoms with E-state index in [0.29, 0.717) is 43.8 Å². The van der Waals surface area contributed by atoms with E-state index in [4.69, 9.17) is 16.3 Å². The molecule has 0 unspecified atom stereocenters. The van der Waals surface area contributed by atoms with Crippen molar-refractivity contribution in [3.63, 3.8) is 0 Å². The van der Waals surface area contributed by atoms with Gasteiger partial charge in [0.15, 0.2) is 12.4 Å². The second-order valence-electron chi connectivity index (χ2n) is 8.19. The number of aryl methyl sites for hydroxylation is 1. The Bertz CT molecular complexity index is 1650. The maximum atomic E-state index is 13.0. The molecule has 1 N–H and O–H groups in total. The summed E-state index contributed by atoms with van der Waals surface area (Å²) in [6.07, 6.45) is 2.23. The third kappa shape index (κ3) is 5.45. The van der Waals surface area contributed by atoms with Gasteiger partial charge in [0.2, 0.25) is 4.96 Å². The van der Waals surface area contributed by atoms with Crippen LogP contribution in [-0.4, -0.2) is 27.1 Å². The average molecular weight is 517 g/mol. The summed E-state index contributed by atoms with van der Waals surface area (Å²) in [7, 11) is 0. The molecule has 5 aromatic rings. The molecule has 2 aromatic heterocycles. The zero-order valence-corrected chi connectivity index (χ0v) is 20.8. The van der Waals surface area contributed by atoms with Crippen LogP contribution in [0.25, 0.3) is 11.0 Å². The number of aromatic nitrogens is 3. The highest BCUT2D eigenvalue weighted by atomic mass is 35.5. The van der Waals surface area contributed by atoms with Crippen LogP contribution >= 0.6 is 22.9 Å². The highest BCUT2D eigenvalue weighted by molar-refractivity contribution is 7.15. The number of hydrogen-bond donors (Lipinski definition) is 1. The third-order valence-corrected chi connectivity index (χ3v) is 6.58. The predicted molar refractivity (Wildman–Crippen MR) is 142 cm³/mol. The molecule has 0 atom stereocenters. The molecular formula is C27H21ClN4O3S.